The predicted molar refractivity (Wildman–Crippen MR) is 126 cm³/mol. The number of rotatable bonds is 5. The molecule has 1 aromatic heterocycles. The van der Waals surface area contributed by atoms with Gasteiger partial charge in [0.05, 0.1) is 6.61 Å². The van der Waals surface area contributed by atoms with Crippen LogP contribution in [0.2, 0.25) is 0 Å². The summed E-state index contributed by atoms with van der Waals surface area (Å²) < 4.78 is 18.8. The van der Waals surface area contributed by atoms with Crippen LogP contribution in [-0.4, -0.2) is 80.3 Å². The third-order valence-corrected chi connectivity index (χ3v) is 5.83. The van der Waals surface area contributed by atoms with E-state index in [2.05, 4.69) is 25.1 Å². The summed E-state index contributed by atoms with van der Waals surface area (Å²) in [5.74, 6) is 1.46. The van der Waals surface area contributed by atoms with Gasteiger partial charge in [0.2, 0.25) is 0 Å². The van der Waals surface area contributed by atoms with Crippen molar-refractivity contribution in [2.45, 2.75) is 12.8 Å². The second-order valence-electron chi connectivity index (χ2n) is 7.75. The fourth-order valence-electron chi connectivity index (χ4n) is 4.24. The molecule has 2 saturated heterocycles. The number of benzene rings is 1. The number of aliphatic imine (C=N–C) groups is 1. The van der Waals surface area contributed by atoms with E-state index < -0.39 is 0 Å². The maximum atomic E-state index is 13.3. The third-order valence-electron chi connectivity index (χ3n) is 5.83. The maximum absolute atomic E-state index is 13.3. The highest BCUT2D eigenvalue weighted by atomic mass is 127. The summed E-state index contributed by atoms with van der Waals surface area (Å²) in [6.07, 6.45) is 4.04. The number of aromatic nitrogens is 1. The number of H-pyrrole nitrogens is 1. The summed E-state index contributed by atoms with van der Waals surface area (Å²) in [5.41, 5.74) is 2.05. The van der Waals surface area contributed by atoms with Gasteiger partial charge in [0.1, 0.15) is 5.82 Å². The van der Waals surface area contributed by atoms with Crippen molar-refractivity contribution >= 4 is 40.8 Å². The van der Waals surface area contributed by atoms with Crippen LogP contribution in [-0.2, 0) is 11.2 Å². The first kappa shape index (κ1) is 22.3. The van der Waals surface area contributed by atoms with E-state index in [1.807, 2.05) is 19.3 Å². The number of hydrogen-bond donors (Lipinski definition) is 2. The van der Waals surface area contributed by atoms with Crippen molar-refractivity contribution in [1.82, 2.24) is 20.1 Å². The summed E-state index contributed by atoms with van der Waals surface area (Å²) in [7, 11) is 1.85. The Hall–Kier alpha value is -1.39. The largest absolute Gasteiger partial charge is 0.381 e. The van der Waals surface area contributed by atoms with Gasteiger partial charge in [-0.2, -0.15) is 0 Å². The third kappa shape index (κ3) is 5.61. The van der Waals surface area contributed by atoms with Crippen LogP contribution >= 0.6 is 24.0 Å². The first-order valence-corrected chi connectivity index (χ1v) is 10.2. The quantitative estimate of drug-likeness (QED) is 0.366. The molecule has 3 heterocycles. The van der Waals surface area contributed by atoms with Crippen molar-refractivity contribution in [2.75, 3.05) is 59.5 Å². The molecule has 2 aliphatic heterocycles. The van der Waals surface area contributed by atoms with E-state index in [9.17, 15) is 4.39 Å². The van der Waals surface area contributed by atoms with E-state index in [4.69, 9.17) is 4.74 Å². The number of hydrogen-bond acceptors (Lipinski definition) is 3. The average Bonchev–Trinajstić information content (AvgIpc) is 3.36. The van der Waals surface area contributed by atoms with Crippen LogP contribution in [0, 0.1) is 11.7 Å². The Bertz CT molecular complexity index is 813. The first-order chi connectivity index (χ1) is 13.7. The highest BCUT2D eigenvalue weighted by molar-refractivity contribution is 14.0. The molecular formula is C21H31FIN5O. The molecule has 8 heteroatoms. The van der Waals surface area contributed by atoms with Crippen molar-refractivity contribution < 1.29 is 9.13 Å². The van der Waals surface area contributed by atoms with E-state index in [0.29, 0.717) is 5.92 Å². The lowest BCUT2D eigenvalue weighted by molar-refractivity contribution is 0.139. The molecule has 0 spiro atoms. The average molecular weight is 515 g/mol. The lowest BCUT2D eigenvalue weighted by Crippen LogP contribution is -2.53. The Morgan fingerprint density at radius 1 is 1.31 bits per heavy atom. The maximum Gasteiger partial charge on any atom is 0.193 e. The molecule has 1 unspecified atom stereocenters. The Morgan fingerprint density at radius 2 is 2.14 bits per heavy atom. The molecule has 2 fully saturated rings. The minimum absolute atomic E-state index is 0. The summed E-state index contributed by atoms with van der Waals surface area (Å²) in [5, 5.41) is 4.58. The summed E-state index contributed by atoms with van der Waals surface area (Å²) in [6.45, 7) is 7.95. The lowest BCUT2D eigenvalue weighted by atomic mass is 10.1. The van der Waals surface area contributed by atoms with Crippen molar-refractivity contribution in [3.63, 3.8) is 0 Å². The predicted octanol–water partition coefficient (Wildman–Crippen LogP) is 2.70. The van der Waals surface area contributed by atoms with E-state index >= 15 is 0 Å². The molecule has 29 heavy (non-hydrogen) atoms. The molecule has 0 bridgehead atoms. The van der Waals surface area contributed by atoms with Gasteiger partial charge in [-0.1, -0.05) is 0 Å². The Balaban J connectivity index is 0.00000240. The van der Waals surface area contributed by atoms with Gasteiger partial charge in [-0.3, -0.25) is 9.89 Å². The topological polar surface area (TPSA) is 55.9 Å². The van der Waals surface area contributed by atoms with Crippen LogP contribution in [0.15, 0.2) is 29.4 Å². The molecule has 4 rings (SSSR count). The van der Waals surface area contributed by atoms with E-state index in [-0.39, 0.29) is 29.8 Å². The van der Waals surface area contributed by atoms with Gasteiger partial charge in [0, 0.05) is 70.0 Å². The molecule has 0 radical (unpaired) electrons. The zero-order valence-corrected chi connectivity index (χ0v) is 19.3. The number of guanidine groups is 1. The number of ether oxygens (including phenoxy) is 1. The number of halogens is 2. The lowest BCUT2D eigenvalue weighted by Gasteiger charge is -2.37. The Kier molecular flexibility index (Phi) is 8.14. The second kappa shape index (κ2) is 10.6. The van der Waals surface area contributed by atoms with Crippen LogP contribution < -0.4 is 5.32 Å². The number of nitrogens with one attached hydrogen (secondary N) is 2. The van der Waals surface area contributed by atoms with Crippen LogP contribution in [0.25, 0.3) is 10.9 Å². The van der Waals surface area contributed by atoms with Crippen LogP contribution in [0.5, 0.6) is 0 Å². The fourth-order valence-corrected chi connectivity index (χ4v) is 4.24. The van der Waals surface area contributed by atoms with Gasteiger partial charge < -0.3 is 19.9 Å². The molecule has 2 N–H and O–H groups in total. The van der Waals surface area contributed by atoms with Gasteiger partial charge in [0.25, 0.3) is 0 Å². The monoisotopic (exact) mass is 515 g/mol. The molecular weight excluding hydrogens is 484 g/mol. The number of aromatic amines is 1. The molecule has 6 nitrogen and oxygen atoms in total. The molecule has 2 aromatic rings. The molecule has 1 atom stereocenters. The standard InChI is InChI=1S/C21H30FN5O.HI/c1-23-21(27-9-7-26(8-10-27)14-16-5-11-28-15-16)24-6-4-17-13-25-20-12-18(22)2-3-19(17)20;/h2-3,12-13,16,25H,4-11,14-15H2,1H3,(H,23,24);1H. The number of piperazine rings is 1. The first-order valence-electron chi connectivity index (χ1n) is 10.2. The number of nitrogens with zero attached hydrogens (tertiary/aromatic N) is 3. The molecule has 2 aliphatic rings. The van der Waals surface area contributed by atoms with Crippen LogP contribution in [0.3, 0.4) is 0 Å². The van der Waals surface area contributed by atoms with Gasteiger partial charge in [0.15, 0.2) is 5.96 Å². The smallest absolute Gasteiger partial charge is 0.193 e. The molecule has 1 aromatic carbocycles. The Labute approximate surface area is 188 Å². The summed E-state index contributed by atoms with van der Waals surface area (Å²) in [6, 6.07) is 4.91. The zero-order chi connectivity index (χ0) is 19.3. The van der Waals surface area contributed by atoms with E-state index in [1.165, 1.54) is 18.1 Å². The minimum Gasteiger partial charge on any atom is -0.381 e. The molecule has 160 valence electrons. The van der Waals surface area contributed by atoms with E-state index in [1.54, 1.807) is 6.07 Å². The highest BCUT2D eigenvalue weighted by Crippen LogP contribution is 2.19. The fraction of sp³-hybridized carbons (Fsp3) is 0.571. The molecule has 0 aliphatic carbocycles. The second-order valence-corrected chi connectivity index (χ2v) is 7.75. The van der Waals surface area contributed by atoms with E-state index in [0.717, 1.165) is 75.8 Å². The van der Waals surface area contributed by atoms with Gasteiger partial charge in [-0.15, -0.1) is 24.0 Å². The van der Waals surface area contributed by atoms with Crippen molar-refractivity contribution in [3.8, 4) is 0 Å². The van der Waals surface area contributed by atoms with Crippen molar-refractivity contribution in [1.29, 1.82) is 0 Å². The van der Waals surface area contributed by atoms with Crippen molar-refractivity contribution in [3.05, 3.63) is 35.8 Å². The normalized spacial score (nSPS) is 20.8. The van der Waals surface area contributed by atoms with Gasteiger partial charge >= 0.3 is 0 Å². The SMILES string of the molecule is CN=C(NCCc1c[nH]c2cc(F)ccc12)N1CCN(CC2CCOC2)CC1.I. The molecule has 0 amide bonds. The Morgan fingerprint density at radius 3 is 2.86 bits per heavy atom. The number of fused-ring (bicyclic) bond motifs is 1. The zero-order valence-electron chi connectivity index (χ0n) is 17.0. The highest BCUT2D eigenvalue weighted by Gasteiger charge is 2.23. The van der Waals surface area contributed by atoms with Crippen LogP contribution in [0.1, 0.15) is 12.0 Å². The van der Waals surface area contributed by atoms with Gasteiger partial charge in [-0.05, 0) is 42.5 Å². The summed E-state index contributed by atoms with van der Waals surface area (Å²) >= 11 is 0. The molecule has 0 saturated carbocycles. The van der Waals surface area contributed by atoms with Crippen LogP contribution in [0.4, 0.5) is 4.39 Å². The van der Waals surface area contributed by atoms with Crippen molar-refractivity contribution in [2.24, 2.45) is 10.9 Å². The summed E-state index contributed by atoms with van der Waals surface area (Å²) in [4.78, 5) is 12.5. The van der Waals surface area contributed by atoms with Gasteiger partial charge in [-0.25, -0.2) is 4.39 Å². The minimum atomic E-state index is -0.209.